The van der Waals surface area contributed by atoms with Gasteiger partial charge in [-0.15, -0.1) is 0 Å². The van der Waals surface area contributed by atoms with Gasteiger partial charge in [0.2, 0.25) is 0 Å². The Morgan fingerprint density at radius 3 is 2.83 bits per heavy atom. The van der Waals surface area contributed by atoms with Crippen LogP contribution in [0, 0.1) is 18.7 Å². The zero-order chi connectivity index (χ0) is 17.7. The lowest BCUT2D eigenvalue weighted by atomic mass is 10.1. The highest BCUT2D eigenvalue weighted by molar-refractivity contribution is 5.92. The lowest BCUT2D eigenvalue weighted by Gasteiger charge is -2.13. The van der Waals surface area contributed by atoms with Crippen molar-refractivity contribution >= 4 is 5.91 Å². The molecule has 0 aliphatic carbocycles. The van der Waals surface area contributed by atoms with Gasteiger partial charge < -0.3 is 10.1 Å². The summed E-state index contributed by atoms with van der Waals surface area (Å²) in [5.74, 6) is -0.134. The first-order chi connectivity index (χ1) is 11.4. The number of rotatable bonds is 7. The number of carbonyl (C=O) groups excluding carboxylic acids is 1. The molecule has 1 N–H and O–H groups in total. The number of carbonyl (C=O) groups is 1. The van der Waals surface area contributed by atoms with E-state index in [0.29, 0.717) is 23.8 Å². The average Bonchev–Trinajstić information content (AvgIpc) is 2.90. The van der Waals surface area contributed by atoms with E-state index in [1.165, 1.54) is 4.68 Å². The fraction of sp³-hybridized carbons (Fsp3) is 0.444. The van der Waals surface area contributed by atoms with E-state index in [4.69, 9.17) is 4.74 Å². The largest absolute Gasteiger partial charge is 0.490 e. The fourth-order valence-corrected chi connectivity index (χ4v) is 2.24. The lowest BCUT2D eigenvalue weighted by Crippen LogP contribution is -2.25. The zero-order valence-corrected chi connectivity index (χ0v) is 14.6. The minimum atomic E-state index is -0.428. The van der Waals surface area contributed by atoms with Gasteiger partial charge in [-0.3, -0.25) is 9.48 Å². The maximum atomic E-state index is 14.5. The molecule has 2 rings (SSSR count). The van der Waals surface area contributed by atoms with E-state index in [2.05, 4.69) is 24.3 Å². The highest BCUT2D eigenvalue weighted by Crippen LogP contribution is 2.21. The Morgan fingerprint density at radius 2 is 2.21 bits per heavy atom. The summed E-state index contributed by atoms with van der Waals surface area (Å²) in [5.41, 5.74) is 1.59. The van der Waals surface area contributed by atoms with Crippen molar-refractivity contribution in [3.63, 3.8) is 0 Å². The number of amides is 1. The van der Waals surface area contributed by atoms with E-state index in [9.17, 15) is 9.18 Å². The van der Waals surface area contributed by atoms with Crippen molar-refractivity contribution in [2.24, 2.45) is 13.0 Å². The van der Waals surface area contributed by atoms with E-state index < -0.39 is 5.82 Å². The van der Waals surface area contributed by atoms with Crippen molar-refractivity contribution in [3.8, 4) is 5.75 Å². The summed E-state index contributed by atoms with van der Waals surface area (Å²) in [6.07, 6.45) is 0.974. The number of hydrogen-bond acceptors (Lipinski definition) is 3. The molecule has 2 aromatic rings. The van der Waals surface area contributed by atoms with Crippen LogP contribution in [0.25, 0.3) is 0 Å². The van der Waals surface area contributed by atoms with Crippen LogP contribution in [0.5, 0.6) is 5.75 Å². The molecule has 1 amide bonds. The lowest BCUT2D eigenvalue weighted by molar-refractivity contribution is 0.0941. The van der Waals surface area contributed by atoms with Gasteiger partial charge in [0.05, 0.1) is 12.3 Å². The molecule has 1 unspecified atom stereocenters. The van der Waals surface area contributed by atoms with Gasteiger partial charge in [-0.25, -0.2) is 4.39 Å². The molecule has 5 nitrogen and oxygen atoms in total. The van der Waals surface area contributed by atoms with E-state index in [1.54, 1.807) is 31.3 Å². The Labute approximate surface area is 141 Å². The topological polar surface area (TPSA) is 56.1 Å². The summed E-state index contributed by atoms with van der Waals surface area (Å²) in [5, 5.41) is 6.85. The average molecular weight is 333 g/mol. The van der Waals surface area contributed by atoms with Crippen molar-refractivity contribution in [2.45, 2.75) is 33.7 Å². The van der Waals surface area contributed by atoms with Gasteiger partial charge in [-0.05, 0) is 25.0 Å². The van der Waals surface area contributed by atoms with Crippen LogP contribution in [0.1, 0.15) is 42.0 Å². The number of aryl methyl sites for hydroxylation is 2. The third-order valence-electron chi connectivity index (χ3n) is 3.94. The normalized spacial score (nSPS) is 12.0. The summed E-state index contributed by atoms with van der Waals surface area (Å²) >= 11 is 0. The van der Waals surface area contributed by atoms with Gasteiger partial charge in [-0.1, -0.05) is 32.4 Å². The minimum absolute atomic E-state index is 0.0927. The highest BCUT2D eigenvalue weighted by atomic mass is 19.1. The van der Waals surface area contributed by atoms with Gasteiger partial charge >= 0.3 is 0 Å². The van der Waals surface area contributed by atoms with Crippen LogP contribution in [0.2, 0.25) is 0 Å². The van der Waals surface area contributed by atoms with E-state index in [0.717, 1.165) is 12.1 Å². The maximum Gasteiger partial charge on any atom is 0.269 e. The zero-order valence-electron chi connectivity index (χ0n) is 14.6. The van der Waals surface area contributed by atoms with E-state index >= 15 is 0 Å². The van der Waals surface area contributed by atoms with Crippen molar-refractivity contribution in [3.05, 3.63) is 47.0 Å². The molecule has 0 radical (unpaired) electrons. The van der Waals surface area contributed by atoms with Crippen LogP contribution in [0.3, 0.4) is 0 Å². The second-order valence-corrected chi connectivity index (χ2v) is 6.03. The van der Waals surface area contributed by atoms with Crippen molar-refractivity contribution < 1.29 is 13.9 Å². The predicted molar refractivity (Wildman–Crippen MR) is 90.5 cm³/mol. The summed E-state index contributed by atoms with van der Waals surface area (Å²) in [4.78, 5) is 12.2. The standard InChI is InChI=1S/C18H24FN3O2/c1-5-12(2)11-24-16-8-6-7-14(17(16)19)10-20-18(23)15-9-13(3)21-22(15)4/h6-9,12H,5,10-11H2,1-4H3,(H,20,23). The molecule has 1 heterocycles. The molecule has 130 valence electrons. The number of ether oxygens (including phenoxy) is 1. The monoisotopic (exact) mass is 333 g/mol. The Kier molecular flexibility index (Phi) is 5.95. The number of benzene rings is 1. The first-order valence-electron chi connectivity index (χ1n) is 8.11. The third-order valence-corrected chi connectivity index (χ3v) is 3.94. The molecule has 0 aliphatic rings. The number of nitrogens with zero attached hydrogens (tertiary/aromatic N) is 2. The molecule has 24 heavy (non-hydrogen) atoms. The van der Waals surface area contributed by atoms with Crippen molar-refractivity contribution in [2.75, 3.05) is 6.61 Å². The molecule has 0 spiro atoms. The Morgan fingerprint density at radius 1 is 1.46 bits per heavy atom. The molecule has 0 saturated carbocycles. The van der Waals surface area contributed by atoms with Crippen LogP contribution >= 0.6 is 0 Å². The first kappa shape index (κ1) is 18.0. The molecular formula is C18H24FN3O2. The Hall–Kier alpha value is -2.37. The smallest absolute Gasteiger partial charge is 0.269 e. The Balaban J connectivity index is 2.02. The molecule has 0 fully saturated rings. The van der Waals surface area contributed by atoms with E-state index in [1.807, 2.05) is 6.92 Å². The number of hydrogen-bond donors (Lipinski definition) is 1. The molecule has 1 atom stereocenters. The predicted octanol–water partition coefficient (Wildman–Crippen LogP) is 3.22. The molecule has 0 bridgehead atoms. The van der Waals surface area contributed by atoms with Crippen LogP contribution in [-0.2, 0) is 13.6 Å². The van der Waals surface area contributed by atoms with Crippen molar-refractivity contribution in [1.29, 1.82) is 0 Å². The first-order valence-corrected chi connectivity index (χ1v) is 8.11. The molecule has 6 heteroatoms. The van der Waals surface area contributed by atoms with Gasteiger partial charge in [0.15, 0.2) is 11.6 Å². The van der Waals surface area contributed by atoms with Gasteiger partial charge in [0.1, 0.15) is 5.69 Å². The second kappa shape index (κ2) is 7.95. The van der Waals surface area contributed by atoms with Gasteiger partial charge in [0, 0.05) is 19.2 Å². The summed E-state index contributed by atoms with van der Waals surface area (Å²) < 4.78 is 21.5. The van der Waals surface area contributed by atoms with Crippen LogP contribution in [-0.4, -0.2) is 22.3 Å². The van der Waals surface area contributed by atoms with E-state index in [-0.39, 0.29) is 18.2 Å². The highest BCUT2D eigenvalue weighted by Gasteiger charge is 2.14. The quantitative estimate of drug-likeness (QED) is 0.846. The summed E-state index contributed by atoms with van der Waals surface area (Å²) in [7, 11) is 1.70. The van der Waals surface area contributed by atoms with Crippen LogP contribution in [0.15, 0.2) is 24.3 Å². The van der Waals surface area contributed by atoms with Crippen LogP contribution in [0.4, 0.5) is 4.39 Å². The maximum absolute atomic E-state index is 14.5. The minimum Gasteiger partial charge on any atom is -0.490 e. The number of aromatic nitrogens is 2. The Bertz CT molecular complexity index is 712. The molecule has 0 aliphatic heterocycles. The molecule has 1 aromatic heterocycles. The third kappa shape index (κ3) is 4.34. The molecule has 1 aromatic carbocycles. The van der Waals surface area contributed by atoms with Crippen molar-refractivity contribution in [1.82, 2.24) is 15.1 Å². The molecule has 0 saturated heterocycles. The van der Waals surface area contributed by atoms with Gasteiger partial charge in [0.25, 0.3) is 5.91 Å². The van der Waals surface area contributed by atoms with Crippen LogP contribution < -0.4 is 10.1 Å². The SMILES string of the molecule is CCC(C)COc1cccc(CNC(=O)c2cc(C)nn2C)c1F. The summed E-state index contributed by atoms with van der Waals surface area (Å²) in [6.45, 7) is 6.50. The second-order valence-electron chi connectivity index (χ2n) is 6.03. The molecular weight excluding hydrogens is 309 g/mol. The number of nitrogens with one attached hydrogen (secondary N) is 1. The fourth-order valence-electron chi connectivity index (χ4n) is 2.24. The number of halogens is 1. The van der Waals surface area contributed by atoms with Gasteiger partial charge in [-0.2, -0.15) is 5.10 Å². The summed E-state index contributed by atoms with van der Waals surface area (Å²) in [6, 6.07) is 6.66.